The van der Waals surface area contributed by atoms with Gasteiger partial charge in [-0.25, -0.2) is 0 Å². The molecule has 3 heterocycles. The molecule has 0 saturated carbocycles. The number of carbonyl (C=O) groups is 2. The minimum Gasteiger partial charge on any atom is -0.454 e. The quantitative estimate of drug-likeness (QED) is 0.323. The molecule has 0 spiro atoms. The molecule has 5 aromatic rings. The number of nitrogens with zero attached hydrogens (tertiary/aromatic N) is 2. The van der Waals surface area contributed by atoms with Gasteiger partial charge in [0, 0.05) is 47.3 Å². The Morgan fingerprint density at radius 2 is 1.69 bits per heavy atom. The van der Waals surface area contributed by atoms with Gasteiger partial charge in [0.2, 0.25) is 5.91 Å². The highest BCUT2D eigenvalue weighted by Crippen LogP contribution is 2.36. The van der Waals surface area contributed by atoms with Gasteiger partial charge < -0.3 is 15.8 Å². The summed E-state index contributed by atoms with van der Waals surface area (Å²) in [5.74, 6) is 0.769. The SMILES string of the molecule is CNC(=O)c1ccc(-c2ccc(Oc3ccnc4cc(Cc5ccc(C(N)=O)cc5)sc34)cn2)cc1. The predicted molar refractivity (Wildman–Crippen MR) is 141 cm³/mol. The highest BCUT2D eigenvalue weighted by Gasteiger charge is 2.11. The smallest absolute Gasteiger partial charge is 0.251 e. The zero-order chi connectivity index (χ0) is 25.1. The molecule has 5 rings (SSSR count). The van der Waals surface area contributed by atoms with Crippen LogP contribution in [0.15, 0.2) is 85.2 Å². The molecule has 8 heteroatoms. The Balaban J connectivity index is 1.32. The number of thiophene rings is 1. The van der Waals surface area contributed by atoms with Crippen LogP contribution >= 0.6 is 11.3 Å². The Bertz CT molecular complexity index is 1540. The number of pyridine rings is 2. The van der Waals surface area contributed by atoms with Gasteiger partial charge in [-0.05, 0) is 48.0 Å². The van der Waals surface area contributed by atoms with E-state index in [0.717, 1.165) is 31.9 Å². The Labute approximate surface area is 211 Å². The van der Waals surface area contributed by atoms with Crippen LogP contribution in [0, 0.1) is 0 Å². The Hall–Kier alpha value is -4.56. The summed E-state index contributed by atoms with van der Waals surface area (Å²) in [4.78, 5) is 33.2. The number of carbonyl (C=O) groups excluding carboxylic acids is 2. The van der Waals surface area contributed by atoms with Gasteiger partial charge in [0.15, 0.2) is 0 Å². The van der Waals surface area contributed by atoms with Crippen LogP contribution in [0.5, 0.6) is 11.5 Å². The van der Waals surface area contributed by atoms with Crippen molar-refractivity contribution in [3.05, 3.63) is 107 Å². The number of ether oxygens (including phenoxy) is 1. The molecule has 0 unspecified atom stereocenters. The molecule has 7 nitrogen and oxygen atoms in total. The average Bonchev–Trinajstić information content (AvgIpc) is 3.32. The summed E-state index contributed by atoms with van der Waals surface area (Å²) in [6, 6.07) is 22.2. The van der Waals surface area contributed by atoms with Crippen molar-refractivity contribution in [3.8, 4) is 22.8 Å². The lowest BCUT2D eigenvalue weighted by Gasteiger charge is -2.07. The van der Waals surface area contributed by atoms with Crippen LogP contribution in [0.3, 0.4) is 0 Å². The van der Waals surface area contributed by atoms with E-state index in [1.165, 1.54) is 0 Å². The van der Waals surface area contributed by atoms with Gasteiger partial charge in [-0.15, -0.1) is 11.3 Å². The van der Waals surface area contributed by atoms with Crippen molar-refractivity contribution >= 4 is 33.4 Å². The van der Waals surface area contributed by atoms with Crippen molar-refractivity contribution in [3.63, 3.8) is 0 Å². The molecule has 0 aliphatic rings. The number of benzene rings is 2. The van der Waals surface area contributed by atoms with E-state index in [2.05, 4.69) is 21.4 Å². The van der Waals surface area contributed by atoms with Crippen molar-refractivity contribution in [2.75, 3.05) is 7.05 Å². The molecule has 0 aliphatic carbocycles. The van der Waals surface area contributed by atoms with Crippen LogP contribution in [-0.4, -0.2) is 28.8 Å². The van der Waals surface area contributed by atoms with E-state index < -0.39 is 5.91 Å². The van der Waals surface area contributed by atoms with Crippen LogP contribution in [0.1, 0.15) is 31.2 Å². The van der Waals surface area contributed by atoms with Gasteiger partial charge >= 0.3 is 0 Å². The minimum atomic E-state index is -0.434. The third kappa shape index (κ3) is 4.94. The lowest BCUT2D eigenvalue weighted by atomic mass is 10.1. The normalized spacial score (nSPS) is 10.8. The van der Waals surface area contributed by atoms with E-state index in [0.29, 0.717) is 29.0 Å². The monoisotopic (exact) mass is 494 g/mol. The Morgan fingerprint density at radius 3 is 2.36 bits per heavy atom. The third-order valence-corrected chi connectivity index (χ3v) is 6.82. The summed E-state index contributed by atoms with van der Waals surface area (Å²) < 4.78 is 7.11. The fourth-order valence-corrected chi connectivity index (χ4v) is 4.89. The zero-order valence-electron chi connectivity index (χ0n) is 19.4. The van der Waals surface area contributed by atoms with Crippen LogP contribution in [-0.2, 0) is 6.42 Å². The standard InChI is InChI=1S/C28H22N4O3S/c1-30-28(34)20-8-6-18(7-9-20)23-11-10-21(16-32-23)35-25-12-13-31-24-15-22(36-26(24)25)14-17-2-4-19(5-3-17)27(29)33/h2-13,15-16H,14H2,1H3,(H2,29,33)(H,30,34). The lowest BCUT2D eigenvalue weighted by molar-refractivity contribution is 0.0961. The van der Waals surface area contributed by atoms with Crippen LogP contribution < -0.4 is 15.8 Å². The van der Waals surface area contributed by atoms with Crippen molar-refractivity contribution in [1.82, 2.24) is 15.3 Å². The molecule has 0 aliphatic heterocycles. The molecule has 36 heavy (non-hydrogen) atoms. The molecule has 2 amide bonds. The average molecular weight is 495 g/mol. The minimum absolute atomic E-state index is 0.125. The summed E-state index contributed by atoms with van der Waals surface area (Å²) in [7, 11) is 1.61. The first-order chi connectivity index (χ1) is 17.5. The summed E-state index contributed by atoms with van der Waals surface area (Å²) in [5, 5.41) is 2.61. The number of aromatic nitrogens is 2. The molecular formula is C28H22N4O3S. The topological polar surface area (TPSA) is 107 Å². The number of nitrogens with one attached hydrogen (secondary N) is 1. The number of nitrogens with two attached hydrogens (primary N) is 1. The number of amides is 2. The van der Waals surface area contributed by atoms with E-state index >= 15 is 0 Å². The summed E-state index contributed by atoms with van der Waals surface area (Å²) in [6.07, 6.45) is 4.13. The van der Waals surface area contributed by atoms with Gasteiger partial charge in [0.05, 0.1) is 22.1 Å². The van der Waals surface area contributed by atoms with Crippen molar-refractivity contribution in [1.29, 1.82) is 0 Å². The van der Waals surface area contributed by atoms with Gasteiger partial charge in [-0.1, -0.05) is 24.3 Å². The predicted octanol–water partition coefficient (Wildman–Crippen LogP) is 5.20. The number of primary amides is 1. The first kappa shape index (κ1) is 23.2. The highest BCUT2D eigenvalue weighted by molar-refractivity contribution is 7.19. The largest absolute Gasteiger partial charge is 0.454 e. The second kappa shape index (κ2) is 9.97. The fraction of sp³-hybridized carbons (Fsp3) is 0.0714. The van der Waals surface area contributed by atoms with E-state index in [9.17, 15) is 9.59 Å². The van der Waals surface area contributed by atoms with Gasteiger partial charge in [-0.3, -0.25) is 19.6 Å². The molecule has 0 saturated heterocycles. The summed E-state index contributed by atoms with van der Waals surface area (Å²) >= 11 is 1.62. The van der Waals surface area contributed by atoms with Crippen LogP contribution in [0.25, 0.3) is 21.5 Å². The fourth-order valence-electron chi connectivity index (χ4n) is 3.79. The molecule has 3 aromatic heterocycles. The second-order valence-electron chi connectivity index (χ2n) is 8.11. The third-order valence-electron chi connectivity index (χ3n) is 5.68. The lowest BCUT2D eigenvalue weighted by Crippen LogP contribution is -2.17. The van der Waals surface area contributed by atoms with Gasteiger partial charge in [-0.2, -0.15) is 0 Å². The first-order valence-electron chi connectivity index (χ1n) is 11.2. The molecule has 2 aromatic carbocycles. The van der Waals surface area contributed by atoms with E-state index in [4.69, 9.17) is 10.5 Å². The van der Waals surface area contributed by atoms with E-state index in [1.807, 2.05) is 42.5 Å². The summed E-state index contributed by atoms with van der Waals surface area (Å²) in [5.41, 5.74) is 10.1. The molecule has 178 valence electrons. The number of rotatable bonds is 7. The molecule has 0 radical (unpaired) electrons. The molecule has 0 atom stereocenters. The molecular weight excluding hydrogens is 472 g/mol. The first-order valence-corrected chi connectivity index (χ1v) is 12.0. The Morgan fingerprint density at radius 1 is 0.944 bits per heavy atom. The zero-order valence-corrected chi connectivity index (χ0v) is 20.2. The number of hydrogen-bond acceptors (Lipinski definition) is 6. The molecule has 0 bridgehead atoms. The number of hydrogen-bond donors (Lipinski definition) is 2. The Kier molecular flexibility index (Phi) is 6.42. The number of fused-ring (bicyclic) bond motifs is 1. The summed E-state index contributed by atoms with van der Waals surface area (Å²) in [6.45, 7) is 0. The van der Waals surface area contributed by atoms with Crippen molar-refractivity contribution < 1.29 is 14.3 Å². The van der Waals surface area contributed by atoms with Crippen LogP contribution in [0.4, 0.5) is 0 Å². The molecule has 3 N–H and O–H groups in total. The van der Waals surface area contributed by atoms with E-state index in [-0.39, 0.29) is 5.91 Å². The van der Waals surface area contributed by atoms with Gasteiger partial charge in [0.1, 0.15) is 11.5 Å². The van der Waals surface area contributed by atoms with Crippen LogP contribution in [0.2, 0.25) is 0 Å². The molecule has 0 fully saturated rings. The second-order valence-corrected chi connectivity index (χ2v) is 9.25. The van der Waals surface area contributed by atoms with Crippen molar-refractivity contribution in [2.24, 2.45) is 5.73 Å². The van der Waals surface area contributed by atoms with E-state index in [1.54, 1.807) is 55.0 Å². The van der Waals surface area contributed by atoms with Gasteiger partial charge in [0.25, 0.3) is 5.91 Å². The maximum absolute atomic E-state index is 11.7. The highest BCUT2D eigenvalue weighted by atomic mass is 32.1. The maximum Gasteiger partial charge on any atom is 0.251 e. The maximum atomic E-state index is 11.7. The van der Waals surface area contributed by atoms with Crippen molar-refractivity contribution in [2.45, 2.75) is 6.42 Å².